The van der Waals surface area contributed by atoms with Crippen LogP contribution in [-0.4, -0.2) is 27.8 Å². The lowest BCUT2D eigenvalue weighted by molar-refractivity contribution is -0.394. The molecule has 0 saturated carbocycles. The first-order valence-corrected chi connectivity index (χ1v) is 6.81. The Morgan fingerprint density at radius 3 is 2.04 bits per heavy atom. The number of anilines is 1. The van der Waals surface area contributed by atoms with E-state index >= 15 is 0 Å². The average Bonchev–Trinajstić information content (AvgIpc) is 2.60. The second-order valence-corrected chi connectivity index (χ2v) is 4.81. The Morgan fingerprint density at radius 1 is 0.923 bits per heavy atom. The minimum Gasteiger partial charge on any atom is -0.494 e. The fourth-order valence-electron chi connectivity index (χ4n) is 2.06. The summed E-state index contributed by atoms with van der Waals surface area (Å²) in [4.78, 5) is 42.5. The normalized spacial score (nSPS) is 10.0. The first-order chi connectivity index (χ1) is 12.2. The van der Waals surface area contributed by atoms with Crippen molar-refractivity contribution in [3.8, 4) is 5.75 Å². The number of carbonyl (C=O) groups is 1. The largest absolute Gasteiger partial charge is 0.494 e. The van der Waals surface area contributed by atoms with Crippen molar-refractivity contribution in [1.29, 1.82) is 0 Å². The van der Waals surface area contributed by atoms with Crippen LogP contribution in [0.15, 0.2) is 36.4 Å². The van der Waals surface area contributed by atoms with Gasteiger partial charge in [0.1, 0.15) is 11.3 Å². The molecule has 2 rings (SSSR count). The second kappa shape index (κ2) is 7.21. The van der Waals surface area contributed by atoms with E-state index in [4.69, 9.17) is 4.74 Å². The molecule has 1 amide bonds. The number of nitro benzene ring substituents is 3. The Hall–Kier alpha value is -4.09. The first-order valence-electron chi connectivity index (χ1n) is 6.81. The third-order valence-corrected chi connectivity index (χ3v) is 3.28. The molecule has 0 radical (unpaired) electrons. The van der Waals surface area contributed by atoms with Crippen molar-refractivity contribution < 1.29 is 24.3 Å². The van der Waals surface area contributed by atoms with Crippen LogP contribution in [0.25, 0.3) is 0 Å². The van der Waals surface area contributed by atoms with E-state index in [0.29, 0.717) is 6.07 Å². The van der Waals surface area contributed by atoms with Crippen LogP contribution in [0, 0.1) is 30.3 Å². The Labute approximate surface area is 144 Å². The van der Waals surface area contributed by atoms with Crippen LogP contribution >= 0.6 is 0 Å². The molecule has 2 aromatic rings. The molecule has 0 aliphatic heterocycles. The van der Waals surface area contributed by atoms with Gasteiger partial charge in [0.15, 0.2) is 0 Å². The van der Waals surface area contributed by atoms with Crippen LogP contribution in [0.5, 0.6) is 5.75 Å². The summed E-state index contributed by atoms with van der Waals surface area (Å²) in [5.41, 5.74) is -1.95. The van der Waals surface area contributed by atoms with E-state index in [-0.39, 0.29) is 17.1 Å². The predicted molar refractivity (Wildman–Crippen MR) is 87.4 cm³/mol. The number of benzene rings is 2. The summed E-state index contributed by atoms with van der Waals surface area (Å²) >= 11 is 0. The molecule has 134 valence electrons. The number of hydrogen-bond donors (Lipinski definition) is 1. The lowest BCUT2D eigenvalue weighted by Crippen LogP contribution is -2.15. The summed E-state index contributed by atoms with van der Waals surface area (Å²) in [7, 11) is 1.23. The molecule has 0 heterocycles. The van der Waals surface area contributed by atoms with Gasteiger partial charge in [-0.25, -0.2) is 0 Å². The Kier molecular flexibility index (Phi) is 5.06. The van der Waals surface area contributed by atoms with Gasteiger partial charge in [0, 0.05) is 12.1 Å². The van der Waals surface area contributed by atoms with Gasteiger partial charge in [-0.2, -0.15) is 0 Å². The van der Waals surface area contributed by atoms with Crippen LogP contribution in [0.4, 0.5) is 22.7 Å². The van der Waals surface area contributed by atoms with Gasteiger partial charge in [0.05, 0.1) is 39.7 Å². The van der Waals surface area contributed by atoms with Gasteiger partial charge >= 0.3 is 0 Å². The smallest absolute Gasteiger partial charge is 0.289 e. The summed E-state index contributed by atoms with van der Waals surface area (Å²) in [6, 6.07) is 5.95. The minimum atomic E-state index is -0.932. The lowest BCUT2D eigenvalue weighted by atomic mass is 10.1. The van der Waals surface area contributed by atoms with Crippen LogP contribution < -0.4 is 10.1 Å². The third kappa shape index (κ3) is 3.69. The van der Waals surface area contributed by atoms with Crippen LogP contribution in [0.2, 0.25) is 0 Å². The minimum absolute atomic E-state index is 0.0304. The Bertz CT molecular complexity index is 927. The van der Waals surface area contributed by atoms with Crippen molar-refractivity contribution in [2.75, 3.05) is 12.4 Å². The maximum Gasteiger partial charge on any atom is 0.289 e. The van der Waals surface area contributed by atoms with Crippen molar-refractivity contribution in [1.82, 2.24) is 0 Å². The summed E-state index contributed by atoms with van der Waals surface area (Å²) < 4.78 is 4.96. The summed E-state index contributed by atoms with van der Waals surface area (Å²) in [5, 5.41) is 34.9. The summed E-state index contributed by atoms with van der Waals surface area (Å²) in [5.74, 6) is -0.962. The average molecular weight is 362 g/mol. The number of non-ortho nitro benzene ring substituents is 2. The highest BCUT2D eigenvalue weighted by Crippen LogP contribution is 2.31. The molecule has 0 unspecified atom stereocenters. The fraction of sp³-hybridized carbons (Fsp3) is 0.0714. The number of nitro groups is 3. The van der Waals surface area contributed by atoms with E-state index in [9.17, 15) is 35.1 Å². The van der Waals surface area contributed by atoms with Gasteiger partial charge in [0.25, 0.3) is 23.0 Å². The van der Waals surface area contributed by atoms with Crippen LogP contribution in [-0.2, 0) is 0 Å². The predicted octanol–water partition coefficient (Wildman–Crippen LogP) is 2.67. The van der Waals surface area contributed by atoms with Crippen LogP contribution in [0.3, 0.4) is 0 Å². The van der Waals surface area contributed by atoms with Crippen molar-refractivity contribution in [2.24, 2.45) is 0 Å². The topological polar surface area (TPSA) is 168 Å². The van der Waals surface area contributed by atoms with E-state index in [1.807, 2.05) is 0 Å². The van der Waals surface area contributed by atoms with E-state index < -0.39 is 37.6 Å². The molecule has 0 aliphatic carbocycles. The number of hydrogen-bond acceptors (Lipinski definition) is 8. The van der Waals surface area contributed by atoms with Gasteiger partial charge in [-0.05, 0) is 12.1 Å². The Morgan fingerprint density at radius 2 is 1.50 bits per heavy atom. The maximum atomic E-state index is 12.3. The molecule has 12 heteroatoms. The van der Waals surface area contributed by atoms with Gasteiger partial charge in [0.2, 0.25) is 0 Å². The van der Waals surface area contributed by atoms with Crippen molar-refractivity contribution in [3.63, 3.8) is 0 Å². The van der Waals surface area contributed by atoms with Gasteiger partial charge < -0.3 is 10.1 Å². The SMILES string of the molecule is COc1cc([N+](=O)[O-])ccc1NC(=O)c1ccc([N+](=O)[O-])cc1[N+](=O)[O-]. The number of nitrogens with one attached hydrogen (secondary N) is 1. The number of nitrogens with zero attached hydrogens (tertiary/aromatic N) is 3. The third-order valence-electron chi connectivity index (χ3n) is 3.28. The second-order valence-electron chi connectivity index (χ2n) is 4.81. The quantitative estimate of drug-likeness (QED) is 0.604. The molecule has 26 heavy (non-hydrogen) atoms. The van der Waals surface area contributed by atoms with Crippen molar-refractivity contribution in [3.05, 3.63) is 72.3 Å². The number of methoxy groups -OCH3 is 1. The number of amides is 1. The highest BCUT2D eigenvalue weighted by Gasteiger charge is 2.25. The lowest BCUT2D eigenvalue weighted by Gasteiger charge is -2.10. The number of ether oxygens (including phenoxy) is 1. The molecular weight excluding hydrogens is 352 g/mol. The van der Waals surface area contributed by atoms with Crippen molar-refractivity contribution in [2.45, 2.75) is 0 Å². The van der Waals surface area contributed by atoms with E-state index in [1.165, 1.54) is 13.2 Å². The first kappa shape index (κ1) is 18.3. The zero-order chi connectivity index (χ0) is 19.4. The molecule has 0 fully saturated rings. The van der Waals surface area contributed by atoms with Gasteiger partial charge in [-0.1, -0.05) is 0 Å². The molecule has 0 aliphatic rings. The Balaban J connectivity index is 2.40. The van der Waals surface area contributed by atoms with Gasteiger partial charge in [-0.3, -0.25) is 35.1 Å². The molecule has 0 bridgehead atoms. The number of rotatable bonds is 6. The molecular formula is C14H10N4O8. The molecule has 1 N–H and O–H groups in total. The van der Waals surface area contributed by atoms with Gasteiger partial charge in [-0.15, -0.1) is 0 Å². The van der Waals surface area contributed by atoms with E-state index in [0.717, 1.165) is 24.3 Å². The maximum absolute atomic E-state index is 12.3. The zero-order valence-electron chi connectivity index (χ0n) is 13.1. The van der Waals surface area contributed by atoms with Crippen molar-refractivity contribution >= 4 is 28.7 Å². The number of carbonyl (C=O) groups excluding carboxylic acids is 1. The molecule has 12 nitrogen and oxygen atoms in total. The highest BCUT2D eigenvalue weighted by atomic mass is 16.6. The molecule has 0 saturated heterocycles. The molecule has 0 atom stereocenters. The molecule has 0 aromatic heterocycles. The monoisotopic (exact) mass is 362 g/mol. The highest BCUT2D eigenvalue weighted by molar-refractivity contribution is 6.08. The zero-order valence-corrected chi connectivity index (χ0v) is 13.1. The summed E-state index contributed by atoms with van der Waals surface area (Å²) in [6.07, 6.45) is 0. The molecule has 0 spiro atoms. The van der Waals surface area contributed by atoms with Crippen LogP contribution in [0.1, 0.15) is 10.4 Å². The fourth-order valence-corrected chi connectivity index (χ4v) is 2.06. The van der Waals surface area contributed by atoms with E-state index in [1.54, 1.807) is 0 Å². The molecule has 2 aromatic carbocycles. The summed E-state index contributed by atoms with van der Waals surface area (Å²) in [6.45, 7) is 0. The standard InChI is InChI=1S/C14H10N4O8/c1-26-13-7-9(17(22)23)3-5-11(13)15-14(19)10-4-2-8(16(20)21)6-12(10)18(24)25/h2-7H,1H3,(H,15,19). The van der Waals surface area contributed by atoms with E-state index in [2.05, 4.69) is 5.32 Å².